The highest BCUT2D eigenvalue weighted by atomic mass is 35.5. The summed E-state index contributed by atoms with van der Waals surface area (Å²) in [6, 6.07) is 6.12. The Labute approximate surface area is 189 Å². The van der Waals surface area contributed by atoms with Crippen molar-refractivity contribution in [3.8, 4) is 11.5 Å². The number of para-hydroxylation sites is 1. The maximum atomic E-state index is 14.2. The molecule has 1 fully saturated rings. The molecule has 2 aliphatic rings. The van der Waals surface area contributed by atoms with Gasteiger partial charge < -0.3 is 25.1 Å². The number of ether oxygens (including phenoxy) is 2. The van der Waals surface area contributed by atoms with E-state index in [4.69, 9.17) is 21.1 Å². The number of H-pyrrole nitrogens is 1. The first-order valence-corrected chi connectivity index (χ1v) is 11.3. The number of aromatic nitrogens is 2. The number of hydrogen-bond acceptors (Lipinski definition) is 5. The standard InChI is InChI=1S/C23H24ClFN4O3/c24-15-7-4-8-16(25)18(15)28-23-27-17-11-14(20-21(19(17)29-23)32-10-9-31-20)22(30)26-12-13-5-2-1-3-6-13/h4,7-8,11,13H,1-3,5-6,9-10,12H2,(H,26,30)(H2,27,28,29). The molecule has 9 heteroatoms. The molecule has 1 aliphatic carbocycles. The Balaban J connectivity index is 1.45. The van der Waals surface area contributed by atoms with Gasteiger partial charge in [-0.2, -0.15) is 0 Å². The number of benzene rings is 2. The molecule has 2 heterocycles. The highest BCUT2D eigenvalue weighted by Crippen LogP contribution is 2.41. The highest BCUT2D eigenvalue weighted by molar-refractivity contribution is 6.33. The van der Waals surface area contributed by atoms with Crippen LogP contribution in [0.1, 0.15) is 42.5 Å². The van der Waals surface area contributed by atoms with Gasteiger partial charge in [0.1, 0.15) is 24.5 Å². The van der Waals surface area contributed by atoms with E-state index in [0.29, 0.717) is 53.8 Å². The molecule has 0 unspecified atom stereocenters. The van der Waals surface area contributed by atoms with Crippen LogP contribution in [0.5, 0.6) is 11.5 Å². The van der Waals surface area contributed by atoms with Crippen molar-refractivity contribution in [3.63, 3.8) is 0 Å². The lowest BCUT2D eigenvalue weighted by atomic mass is 9.89. The Morgan fingerprint density at radius 1 is 1.19 bits per heavy atom. The number of anilines is 2. The molecule has 2 aromatic carbocycles. The second-order valence-corrected chi connectivity index (χ2v) is 8.60. The second-order valence-electron chi connectivity index (χ2n) is 8.20. The molecule has 1 aromatic heterocycles. The molecule has 3 N–H and O–H groups in total. The molecular formula is C23H24ClFN4O3. The molecule has 32 heavy (non-hydrogen) atoms. The molecule has 0 bridgehead atoms. The Kier molecular flexibility index (Phi) is 5.78. The zero-order valence-corrected chi connectivity index (χ0v) is 18.2. The molecule has 1 aliphatic heterocycles. The smallest absolute Gasteiger partial charge is 0.255 e. The number of carbonyl (C=O) groups is 1. The molecular weight excluding hydrogens is 435 g/mol. The first kappa shape index (κ1) is 20.9. The first-order chi connectivity index (χ1) is 15.6. The van der Waals surface area contributed by atoms with Crippen LogP contribution < -0.4 is 20.1 Å². The van der Waals surface area contributed by atoms with Crippen LogP contribution in [0.2, 0.25) is 5.02 Å². The van der Waals surface area contributed by atoms with Crippen molar-refractivity contribution < 1.29 is 18.7 Å². The van der Waals surface area contributed by atoms with Crippen LogP contribution in [-0.4, -0.2) is 35.6 Å². The third-order valence-electron chi connectivity index (χ3n) is 5.99. The average molecular weight is 459 g/mol. The maximum Gasteiger partial charge on any atom is 0.255 e. The van der Waals surface area contributed by atoms with E-state index in [1.54, 1.807) is 12.1 Å². The lowest BCUT2D eigenvalue weighted by Crippen LogP contribution is -2.31. The van der Waals surface area contributed by atoms with Crippen molar-refractivity contribution in [2.24, 2.45) is 5.92 Å². The fraction of sp³-hybridized carbons (Fsp3) is 0.391. The molecule has 1 amide bonds. The van der Waals surface area contributed by atoms with Crippen molar-refractivity contribution in [1.82, 2.24) is 15.3 Å². The number of nitrogens with zero attached hydrogens (tertiary/aromatic N) is 1. The third-order valence-corrected chi connectivity index (χ3v) is 6.30. The van der Waals surface area contributed by atoms with Crippen LogP contribution in [0.3, 0.4) is 0 Å². The van der Waals surface area contributed by atoms with E-state index in [9.17, 15) is 9.18 Å². The Morgan fingerprint density at radius 2 is 1.97 bits per heavy atom. The Bertz CT molecular complexity index is 1140. The lowest BCUT2D eigenvalue weighted by molar-refractivity contribution is 0.0933. The first-order valence-electron chi connectivity index (χ1n) is 10.9. The molecule has 0 atom stereocenters. The summed E-state index contributed by atoms with van der Waals surface area (Å²) in [5.74, 6) is 0.872. The quantitative estimate of drug-likeness (QED) is 0.490. The van der Waals surface area contributed by atoms with Crippen molar-refractivity contribution in [1.29, 1.82) is 0 Å². The van der Waals surface area contributed by atoms with Gasteiger partial charge in [-0.15, -0.1) is 0 Å². The fourth-order valence-corrected chi connectivity index (χ4v) is 4.57. The molecule has 5 rings (SSSR count). The molecule has 7 nitrogen and oxygen atoms in total. The van der Waals surface area contributed by atoms with E-state index in [0.717, 1.165) is 12.8 Å². The molecule has 1 saturated carbocycles. The predicted octanol–water partition coefficient (Wildman–Crippen LogP) is 5.18. The molecule has 168 valence electrons. The van der Waals surface area contributed by atoms with Gasteiger partial charge in [-0.05, 0) is 37.0 Å². The summed E-state index contributed by atoms with van der Waals surface area (Å²) in [5, 5.41) is 6.17. The number of amides is 1. The monoisotopic (exact) mass is 458 g/mol. The van der Waals surface area contributed by atoms with Crippen LogP contribution >= 0.6 is 11.6 Å². The van der Waals surface area contributed by atoms with E-state index in [1.807, 2.05) is 0 Å². The van der Waals surface area contributed by atoms with Gasteiger partial charge in [0.05, 0.1) is 21.8 Å². The van der Waals surface area contributed by atoms with Crippen LogP contribution in [0.25, 0.3) is 11.0 Å². The average Bonchev–Trinajstić information content (AvgIpc) is 3.23. The largest absolute Gasteiger partial charge is 0.485 e. The summed E-state index contributed by atoms with van der Waals surface area (Å²) in [4.78, 5) is 20.6. The fourth-order valence-electron chi connectivity index (χ4n) is 4.36. The summed E-state index contributed by atoms with van der Waals surface area (Å²) < 4.78 is 25.8. The van der Waals surface area contributed by atoms with Crippen LogP contribution in [0.4, 0.5) is 16.0 Å². The minimum Gasteiger partial charge on any atom is -0.485 e. The van der Waals surface area contributed by atoms with Gasteiger partial charge in [-0.3, -0.25) is 4.79 Å². The SMILES string of the molecule is O=C(NCC1CCCCC1)c1cc2[nH]c(Nc3c(F)cccc3Cl)nc2c2c1OCCO2. The third kappa shape index (κ3) is 4.07. The van der Waals surface area contributed by atoms with Gasteiger partial charge in [0.2, 0.25) is 5.95 Å². The lowest BCUT2D eigenvalue weighted by Gasteiger charge is -2.23. The van der Waals surface area contributed by atoms with E-state index in [1.165, 1.54) is 31.4 Å². The van der Waals surface area contributed by atoms with Crippen LogP contribution in [-0.2, 0) is 0 Å². The second kappa shape index (κ2) is 8.86. The summed E-state index contributed by atoms with van der Waals surface area (Å²) >= 11 is 6.12. The van der Waals surface area contributed by atoms with Crippen molar-refractivity contribution in [2.45, 2.75) is 32.1 Å². The number of hydrogen-bond donors (Lipinski definition) is 3. The minimum atomic E-state index is -0.498. The van der Waals surface area contributed by atoms with Crippen molar-refractivity contribution in [2.75, 3.05) is 25.1 Å². The topological polar surface area (TPSA) is 88.3 Å². The maximum absolute atomic E-state index is 14.2. The molecule has 0 spiro atoms. The van der Waals surface area contributed by atoms with Gasteiger partial charge in [0.25, 0.3) is 5.91 Å². The normalized spacial score (nSPS) is 16.2. The predicted molar refractivity (Wildman–Crippen MR) is 121 cm³/mol. The zero-order valence-electron chi connectivity index (χ0n) is 17.5. The van der Waals surface area contributed by atoms with Crippen molar-refractivity contribution >= 4 is 40.2 Å². The number of carbonyl (C=O) groups excluding carboxylic acids is 1. The summed E-state index contributed by atoms with van der Waals surface area (Å²) in [5.41, 5.74) is 1.58. The number of aromatic amines is 1. The van der Waals surface area contributed by atoms with Gasteiger partial charge >= 0.3 is 0 Å². The number of halogens is 2. The molecule has 0 radical (unpaired) electrons. The van der Waals surface area contributed by atoms with Gasteiger partial charge in [0, 0.05) is 6.54 Å². The van der Waals surface area contributed by atoms with Gasteiger partial charge in [-0.25, -0.2) is 9.37 Å². The van der Waals surface area contributed by atoms with Gasteiger partial charge in [0.15, 0.2) is 11.5 Å². The van der Waals surface area contributed by atoms with Crippen LogP contribution in [0, 0.1) is 11.7 Å². The summed E-state index contributed by atoms with van der Waals surface area (Å²) in [6.07, 6.45) is 5.99. The van der Waals surface area contributed by atoms with E-state index < -0.39 is 5.82 Å². The summed E-state index contributed by atoms with van der Waals surface area (Å²) in [7, 11) is 0. The Hall–Kier alpha value is -3.00. The number of imidazole rings is 1. The summed E-state index contributed by atoms with van der Waals surface area (Å²) in [6.45, 7) is 1.35. The number of nitrogens with one attached hydrogen (secondary N) is 3. The zero-order chi connectivity index (χ0) is 22.1. The number of fused-ring (bicyclic) bond motifs is 3. The highest BCUT2D eigenvalue weighted by Gasteiger charge is 2.27. The number of rotatable bonds is 5. The minimum absolute atomic E-state index is 0.115. The Morgan fingerprint density at radius 3 is 2.75 bits per heavy atom. The molecule has 3 aromatic rings. The molecule has 0 saturated heterocycles. The van der Waals surface area contributed by atoms with E-state index >= 15 is 0 Å². The van der Waals surface area contributed by atoms with Gasteiger partial charge in [-0.1, -0.05) is 36.9 Å². The van der Waals surface area contributed by atoms with E-state index in [-0.39, 0.29) is 22.6 Å². The van der Waals surface area contributed by atoms with Crippen molar-refractivity contribution in [3.05, 3.63) is 40.7 Å². The van der Waals surface area contributed by atoms with Crippen LogP contribution in [0.15, 0.2) is 24.3 Å². The van der Waals surface area contributed by atoms with E-state index in [2.05, 4.69) is 20.6 Å².